The zero-order valence-corrected chi connectivity index (χ0v) is 22.4. The van der Waals surface area contributed by atoms with Gasteiger partial charge in [-0.1, -0.05) is 93.9 Å². The van der Waals surface area contributed by atoms with Crippen LogP contribution in [0.15, 0.2) is 0 Å². The van der Waals surface area contributed by atoms with Gasteiger partial charge in [-0.2, -0.15) is 0 Å². The second-order valence-electron chi connectivity index (χ2n) is 12.5. The smallest absolute Gasteiger partial charge is 0.0266 e. The highest BCUT2D eigenvalue weighted by molar-refractivity contribution is 5.07. The van der Waals surface area contributed by atoms with Crippen molar-refractivity contribution < 1.29 is 0 Å². The summed E-state index contributed by atoms with van der Waals surface area (Å²) in [5.74, 6) is 6.26. The molecule has 0 nitrogen and oxygen atoms in total. The minimum Gasteiger partial charge on any atom is -0.0683 e. The summed E-state index contributed by atoms with van der Waals surface area (Å²) in [6.07, 6.45) is 21.1. The molecule has 4 aliphatic rings. The van der Waals surface area contributed by atoms with Crippen LogP contribution in [0.3, 0.4) is 0 Å². The molecular formula is C30H58. The fourth-order valence-electron chi connectivity index (χ4n) is 8.27. The van der Waals surface area contributed by atoms with E-state index in [2.05, 4.69) is 41.5 Å². The maximum atomic E-state index is 2.71. The number of unbranched alkanes of at least 4 members (excludes halogenated alkanes) is 2. The van der Waals surface area contributed by atoms with E-state index in [4.69, 9.17) is 0 Å². The van der Waals surface area contributed by atoms with Gasteiger partial charge in [-0.25, -0.2) is 0 Å². The lowest BCUT2D eigenvalue weighted by Gasteiger charge is -2.60. The Morgan fingerprint density at radius 2 is 1.57 bits per heavy atom. The first-order valence-corrected chi connectivity index (χ1v) is 14.3. The SMILES string of the molecule is CC.CCCCCC(C)C.C[C@@H]1CCC2(C)C(CCC3C4CCCC4(C)CCC32)C1. The van der Waals surface area contributed by atoms with Crippen LogP contribution in [0.5, 0.6) is 0 Å². The molecule has 4 rings (SSSR count). The molecular weight excluding hydrogens is 360 g/mol. The summed E-state index contributed by atoms with van der Waals surface area (Å²) >= 11 is 0. The molecule has 6 unspecified atom stereocenters. The van der Waals surface area contributed by atoms with Gasteiger partial charge in [0, 0.05) is 0 Å². The van der Waals surface area contributed by atoms with Crippen molar-refractivity contribution in [2.24, 2.45) is 46.3 Å². The van der Waals surface area contributed by atoms with Gasteiger partial charge in [0.1, 0.15) is 0 Å². The first kappa shape index (κ1) is 26.3. The van der Waals surface area contributed by atoms with E-state index < -0.39 is 0 Å². The van der Waals surface area contributed by atoms with Crippen LogP contribution in [0.25, 0.3) is 0 Å². The highest BCUT2D eigenvalue weighted by Crippen LogP contribution is 2.66. The predicted molar refractivity (Wildman–Crippen MR) is 136 cm³/mol. The molecule has 0 radical (unpaired) electrons. The average Bonchev–Trinajstić information content (AvgIpc) is 3.12. The summed E-state index contributed by atoms with van der Waals surface area (Å²) < 4.78 is 0. The minimum absolute atomic E-state index is 0.722. The van der Waals surface area contributed by atoms with E-state index in [0.29, 0.717) is 0 Å². The molecule has 0 aromatic rings. The van der Waals surface area contributed by atoms with Crippen molar-refractivity contribution in [3.05, 3.63) is 0 Å². The van der Waals surface area contributed by atoms with Crippen molar-refractivity contribution in [2.75, 3.05) is 0 Å². The third kappa shape index (κ3) is 5.86. The quantitative estimate of drug-likeness (QED) is 0.398. The van der Waals surface area contributed by atoms with Crippen LogP contribution in [0.1, 0.15) is 145 Å². The number of fused-ring (bicyclic) bond motifs is 5. The number of rotatable bonds is 4. The van der Waals surface area contributed by atoms with Gasteiger partial charge >= 0.3 is 0 Å². The van der Waals surface area contributed by atoms with Crippen molar-refractivity contribution in [3.63, 3.8) is 0 Å². The molecule has 0 aromatic heterocycles. The Morgan fingerprint density at radius 3 is 2.23 bits per heavy atom. The van der Waals surface area contributed by atoms with E-state index in [9.17, 15) is 0 Å². The Balaban J connectivity index is 0.000000274. The van der Waals surface area contributed by atoms with Gasteiger partial charge in [-0.05, 0) is 97.7 Å². The molecule has 0 heteroatoms. The van der Waals surface area contributed by atoms with Gasteiger partial charge in [0.2, 0.25) is 0 Å². The largest absolute Gasteiger partial charge is 0.0683 e. The van der Waals surface area contributed by atoms with Crippen LogP contribution in [-0.4, -0.2) is 0 Å². The average molecular weight is 419 g/mol. The topological polar surface area (TPSA) is 0 Å². The Bertz CT molecular complexity index is 478. The first-order valence-electron chi connectivity index (χ1n) is 14.3. The number of hydrogen-bond acceptors (Lipinski definition) is 0. The van der Waals surface area contributed by atoms with Gasteiger partial charge in [-0.3, -0.25) is 0 Å². The predicted octanol–water partition coefficient (Wildman–Crippen LogP) is 10.3. The molecule has 0 heterocycles. The van der Waals surface area contributed by atoms with E-state index in [1.165, 1.54) is 44.9 Å². The number of hydrogen-bond donors (Lipinski definition) is 0. The highest BCUT2D eigenvalue weighted by Gasteiger charge is 2.57. The highest BCUT2D eigenvalue weighted by atomic mass is 14.6. The van der Waals surface area contributed by atoms with Crippen LogP contribution >= 0.6 is 0 Å². The molecule has 0 spiro atoms. The van der Waals surface area contributed by atoms with E-state index in [1.54, 1.807) is 44.9 Å². The summed E-state index contributed by atoms with van der Waals surface area (Å²) in [7, 11) is 0. The molecule has 30 heavy (non-hydrogen) atoms. The molecule has 0 aromatic carbocycles. The molecule has 4 fully saturated rings. The van der Waals surface area contributed by atoms with E-state index >= 15 is 0 Å². The Labute approximate surface area is 191 Å². The second kappa shape index (κ2) is 11.7. The van der Waals surface area contributed by atoms with Gasteiger partial charge < -0.3 is 0 Å². The van der Waals surface area contributed by atoms with Crippen LogP contribution in [0.2, 0.25) is 0 Å². The summed E-state index contributed by atoms with van der Waals surface area (Å²) in [6, 6.07) is 0. The maximum absolute atomic E-state index is 2.71. The zero-order chi connectivity index (χ0) is 22.4. The lowest BCUT2D eigenvalue weighted by molar-refractivity contribution is -0.110. The van der Waals surface area contributed by atoms with Crippen molar-refractivity contribution in [1.29, 1.82) is 0 Å². The molecule has 0 aliphatic heterocycles. The van der Waals surface area contributed by atoms with Gasteiger partial charge in [0.15, 0.2) is 0 Å². The van der Waals surface area contributed by atoms with Crippen LogP contribution in [0.4, 0.5) is 0 Å². The maximum Gasteiger partial charge on any atom is -0.0266 e. The monoisotopic (exact) mass is 418 g/mol. The van der Waals surface area contributed by atoms with Gasteiger partial charge in [0.25, 0.3) is 0 Å². The second-order valence-corrected chi connectivity index (χ2v) is 12.5. The molecule has 0 bridgehead atoms. The standard InChI is InChI=1S/C20H34.C8H18.C2H6/c1-14-8-12-20(3)15(13-14)6-7-16-17-5-4-10-19(17,2)11-9-18(16)20;1-4-5-6-7-8(2)3;1-2/h14-18H,4-13H2,1-3H3;8H,4-7H2,1-3H3;1-2H3/t14-,15?,16?,17?,18?,19?,20?;;/m1../s1. The zero-order valence-electron chi connectivity index (χ0n) is 22.4. The minimum atomic E-state index is 0.722. The molecule has 178 valence electrons. The van der Waals surface area contributed by atoms with Crippen LogP contribution in [0, 0.1) is 46.3 Å². The lowest BCUT2D eigenvalue weighted by atomic mass is 9.45. The molecule has 7 atom stereocenters. The van der Waals surface area contributed by atoms with E-state index in [0.717, 1.165) is 46.3 Å². The van der Waals surface area contributed by atoms with Crippen LogP contribution < -0.4 is 0 Å². The van der Waals surface area contributed by atoms with Crippen LogP contribution in [-0.2, 0) is 0 Å². The molecule has 0 N–H and O–H groups in total. The van der Waals surface area contributed by atoms with Gasteiger partial charge in [-0.15, -0.1) is 0 Å². The third-order valence-electron chi connectivity index (χ3n) is 10.1. The molecule has 0 amide bonds. The van der Waals surface area contributed by atoms with Crippen molar-refractivity contribution in [1.82, 2.24) is 0 Å². The third-order valence-corrected chi connectivity index (χ3v) is 10.1. The summed E-state index contributed by atoms with van der Waals surface area (Å²) in [5.41, 5.74) is 1.46. The normalized spacial score (nSPS) is 42.1. The Morgan fingerprint density at radius 1 is 0.833 bits per heavy atom. The Hall–Kier alpha value is 0. The van der Waals surface area contributed by atoms with Gasteiger partial charge in [0.05, 0.1) is 0 Å². The summed E-state index contributed by atoms with van der Waals surface area (Å²) in [5, 5.41) is 0. The molecule has 4 saturated carbocycles. The van der Waals surface area contributed by atoms with Crippen molar-refractivity contribution in [2.45, 2.75) is 145 Å². The molecule has 4 aliphatic carbocycles. The summed E-state index contributed by atoms with van der Waals surface area (Å²) in [6.45, 7) is 18.7. The first-order chi connectivity index (χ1) is 14.3. The summed E-state index contributed by atoms with van der Waals surface area (Å²) in [4.78, 5) is 0. The Kier molecular flexibility index (Phi) is 10.3. The fourth-order valence-corrected chi connectivity index (χ4v) is 8.27. The van der Waals surface area contributed by atoms with Crippen molar-refractivity contribution >= 4 is 0 Å². The van der Waals surface area contributed by atoms with Crippen molar-refractivity contribution in [3.8, 4) is 0 Å². The fraction of sp³-hybridized carbons (Fsp3) is 1.00. The lowest BCUT2D eigenvalue weighted by Crippen LogP contribution is -2.52. The molecule has 0 saturated heterocycles. The van der Waals surface area contributed by atoms with E-state index in [1.807, 2.05) is 13.8 Å². The van der Waals surface area contributed by atoms with E-state index in [-0.39, 0.29) is 0 Å².